The summed E-state index contributed by atoms with van der Waals surface area (Å²) in [5.74, 6) is -0.00932. The molecule has 7 nitrogen and oxygen atoms in total. The quantitative estimate of drug-likeness (QED) is 0.317. The molecule has 170 valence electrons. The van der Waals surface area contributed by atoms with Gasteiger partial charge in [-0.15, -0.1) is 0 Å². The van der Waals surface area contributed by atoms with Gasteiger partial charge in [0.2, 0.25) is 0 Å². The fourth-order valence-corrected chi connectivity index (χ4v) is 5.03. The number of H-pyrrole nitrogens is 1. The summed E-state index contributed by atoms with van der Waals surface area (Å²) >= 11 is 6.27. The van der Waals surface area contributed by atoms with E-state index >= 15 is 0 Å². The maximum atomic E-state index is 12.7. The zero-order valence-corrected chi connectivity index (χ0v) is 19.2. The Morgan fingerprint density at radius 2 is 1.74 bits per heavy atom. The van der Waals surface area contributed by atoms with Crippen LogP contribution in [0, 0.1) is 0 Å². The van der Waals surface area contributed by atoms with Crippen molar-refractivity contribution in [1.82, 2.24) is 9.97 Å². The molecule has 0 radical (unpaired) electrons. The Morgan fingerprint density at radius 3 is 2.53 bits per heavy atom. The van der Waals surface area contributed by atoms with Gasteiger partial charge in [-0.05, 0) is 54.6 Å². The predicted molar refractivity (Wildman–Crippen MR) is 131 cm³/mol. The van der Waals surface area contributed by atoms with E-state index in [0.717, 1.165) is 16.6 Å². The highest BCUT2D eigenvalue weighted by Gasteiger charge is 2.19. The Morgan fingerprint density at radius 1 is 0.971 bits per heavy atom. The topological polar surface area (TPSA) is 105 Å². The van der Waals surface area contributed by atoms with Gasteiger partial charge in [-0.3, -0.25) is 4.79 Å². The molecule has 2 heterocycles. The molecule has 1 amide bonds. The van der Waals surface area contributed by atoms with Gasteiger partial charge >= 0.3 is 0 Å². The zero-order valence-electron chi connectivity index (χ0n) is 17.7. The number of aromatic nitrogens is 2. The summed E-state index contributed by atoms with van der Waals surface area (Å²) in [5, 5.41) is 3.34. The van der Waals surface area contributed by atoms with Crippen molar-refractivity contribution in [3.63, 3.8) is 0 Å². The number of hydrogen-bond acceptors (Lipinski definition) is 5. The van der Waals surface area contributed by atoms with Crippen molar-refractivity contribution in [2.24, 2.45) is 0 Å². The van der Waals surface area contributed by atoms with Crippen molar-refractivity contribution in [3.05, 3.63) is 101 Å². The van der Waals surface area contributed by atoms with Crippen LogP contribution in [-0.4, -0.2) is 24.3 Å². The van der Waals surface area contributed by atoms with E-state index in [2.05, 4.69) is 15.3 Å². The maximum absolute atomic E-state index is 12.7. The minimum atomic E-state index is -3.58. The van der Waals surface area contributed by atoms with Crippen LogP contribution >= 0.6 is 11.6 Å². The molecule has 34 heavy (non-hydrogen) atoms. The van der Waals surface area contributed by atoms with Crippen molar-refractivity contribution < 1.29 is 17.6 Å². The van der Waals surface area contributed by atoms with Gasteiger partial charge in [-0.25, -0.2) is 13.4 Å². The summed E-state index contributed by atoms with van der Waals surface area (Å²) in [6.07, 6.45) is 0. The Hall–Kier alpha value is -3.88. The van der Waals surface area contributed by atoms with E-state index in [-0.39, 0.29) is 22.2 Å². The first-order valence-electron chi connectivity index (χ1n) is 10.3. The standard InChI is InChI=1S/C25H18ClN3O4S/c26-20-9-5-4-8-19(20)24-28-21-12-10-16(14-22(21)29-24)27-25(30)23-13-11-17(33-23)15-34(31,32)18-6-2-1-3-7-18/h1-14H,15H2,(H,27,30)(H,28,29). The number of sulfone groups is 1. The zero-order chi connectivity index (χ0) is 23.7. The number of rotatable bonds is 6. The molecule has 0 saturated heterocycles. The Kier molecular flexibility index (Phi) is 5.69. The van der Waals surface area contributed by atoms with Crippen LogP contribution in [0.25, 0.3) is 22.4 Å². The Labute approximate surface area is 200 Å². The predicted octanol–water partition coefficient (Wildman–Crippen LogP) is 5.70. The summed E-state index contributed by atoms with van der Waals surface area (Å²) in [6.45, 7) is 0. The van der Waals surface area contributed by atoms with Gasteiger partial charge < -0.3 is 14.7 Å². The minimum Gasteiger partial charge on any atom is -0.455 e. The van der Waals surface area contributed by atoms with E-state index in [9.17, 15) is 13.2 Å². The fraction of sp³-hybridized carbons (Fsp3) is 0.0400. The van der Waals surface area contributed by atoms with Crippen molar-refractivity contribution >= 4 is 44.1 Å². The number of anilines is 1. The number of benzene rings is 3. The van der Waals surface area contributed by atoms with Crippen LogP contribution in [0.5, 0.6) is 0 Å². The van der Waals surface area contributed by atoms with Crippen LogP contribution in [0.1, 0.15) is 16.3 Å². The molecule has 0 spiro atoms. The van der Waals surface area contributed by atoms with Crippen LogP contribution in [0.2, 0.25) is 5.02 Å². The summed E-state index contributed by atoms with van der Waals surface area (Å²) in [5.41, 5.74) is 2.75. The second kappa shape index (κ2) is 8.81. The van der Waals surface area contributed by atoms with Gasteiger partial charge in [0.1, 0.15) is 17.3 Å². The van der Waals surface area contributed by atoms with E-state index in [0.29, 0.717) is 16.5 Å². The number of carbonyl (C=O) groups is 1. The molecule has 0 atom stereocenters. The minimum absolute atomic E-state index is 0.0136. The van der Waals surface area contributed by atoms with Crippen LogP contribution in [-0.2, 0) is 15.6 Å². The molecule has 5 rings (SSSR count). The monoisotopic (exact) mass is 491 g/mol. The number of fused-ring (bicyclic) bond motifs is 1. The summed E-state index contributed by atoms with van der Waals surface area (Å²) < 4.78 is 30.6. The van der Waals surface area contributed by atoms with E-state index in [1.54, 1.807) is 42.5 Å². The molecule has 0 aliphatic rings. The molecule has 2 aromatic heterocycles. The number of imidazole rings is 1. The number of carbonyl (C=O) groups excluding carboxylic acids is 1. The van der Waals surface area contributed by atoms with Crippen LogP contribution in [0.3, 0.4) is 0 Å². The van der Waals surface area contributed by atoms with Crippen molar-refractivity contribution in [1.29, 1.82) is 0 Å². The lowest BCUT2D eigenvalue weighted by Gasteiger charge is -2.04. The van der Waals surface area contributed by atoms with Gasteiger partial charge in [0.25, 0.3) is 5.91 Å². The van der Waals surface area contributed by atoms with Gasteiger partial charge in [0.05, 0.1) is 21.0 Å². The molecule has 9 heteroatoms. The molecule has 0 aliphatic carbocycles. The third-order valence-electron chi connectivity index (χ3n) is 5.19. The SMILES string of the molecule is O=C(Nc1ccc2nc(-c3ccccc3Cl)[nH]c2c1)c1ccc(CS(=O)(=O)c2ccccc2)o1. The van der Waals surface area contributed by atoms with Crippen LogP contribution < -0.4 is 5.32 Å². The largest absolute Gasteiger partial charge is 0.455 e. The van der Waals surface area contributed by atoms with Gasteiger partial charge in [0.15, 0.2) is 15.6 Å². The number of halogens is 1. The van der Waals surface area contributed by atoms with Gasteiger partial charge in [-0.2, -0.15) is 0 Å². The van der Waals surface area contributed by atoms with Crippen molar-refractivity contribution in [2.75, 3.05) is 5.32 Å². The van der Waals surface area contributed by atoms with E-state index in [1.165, 1.54) is 24.3 Å². The highest BCUT2D eigenvalue weighted by molar-refractivity contribution is 7.90. The molecule has 0 aliphatic heterocycles. The summed E-state index contributed by atoms with van der Waals surface area (Å²) in [7, 11) is -3.58. The molecule has 0 bridgehead atoms. The normalized spacial score (nSPS) is 11.6. The van der Waals surface area contributed by atoms with E-state index in [4.69, 9.17) is 16.0 Å². The number of nitrogens with one attached hydrogen (secondary N) is 2. The maximum Gasteiger partial charge on any atom is 0.291 e. The number of aromatic amines is 1. The average molecular weight is 492 g/mol. The Bertz CT molecular complexity index is 1610. The molecule has 0 saturated carbocycles. The first-order chi connectivity index (χ1) is 16.4. The second-order valence-corrected chi connectivity index (χ2v) is 9.99. The number of hydrogen-bond donors (Lipinski definition) is 2. The van der Waals surface area contributed by atoms with Crippen molar-refractivity contribution in [2.45, 2.75) is 10.6 Å². The van der Waals surface area contributed by atoms with Crippen LogP contribution in [0.15, 0.2) is 94.2 Å². The van der Waals surface area contributed by atoms with Gasteiger partial charge in [0, 0.05) is 11.3 Å². The average Bonchev–Trinajstić information content (AvgIpc) is 3.46. The molecule has 2 N–H and O–H groups in total. The highest BCUT2D eigenvalue weighted by atomic mass is 35.5. The second-order valence-electron chi connectivity index (χ2n) is 7.59. The third-order valence-corrected chi connectivity index (χ3v) is 7.17. The van der Waals surface area contributed by atoms with Gasteiger partial charge in [-0.1, -0.05) is 41.9 Å². The Balaban J connectivity index is 1.32. The summed E-state index contributed by atoms with van der Waals surface area (Å²) in [4.78, 5) is 20.6. The smallest absolute Gasteiger partial charge is 0.291 e. The first kappa shape index (κ1) is 21.9. The molecular weight excluding hydrogens is 474 g/mol. The summed E-state index contributed by atoms with van der Waals surface area (Å²) in [6, 6.07) is 23.7. The molecule has 3 aromatic carbocycles. The highest BCUT2D eigenvalue weighted by Crippen LogP contribution is 2.28. The molecule has 0 unspecified atom stereocenters. The lowest BCUT2D eigenvalue weighted by Crippen LogP contribution is -2.11. The molecule has 5 aromatic rings. The lowest BCUT2D eigenvalue weighted by molar-refractivity contribution is 0.0995. The van der Waals surface area contributed by atoms with E-state index < -0.39 is 15.7 Å². The molecular formula is C25H18ClN3O4S. The first-order valence-corrected chi connectivity index (χ1v) is 12.3. The van der Waals surface area contributed by atoms with E-state index in [1.807, 2.05) is 18.2 Å². The molecule has 0 fully saturated rings. The van der Waals surface area contributed by atoms with Crippen molar-refractivity contribution in [3.8, 4) is 11.4 Å². The third kappa shape index (κ3) is 4.46. The lowest BCUT2D eigenvalue weighted by atomic mass is 10.2. The fourth-order valence-electron chi connectivity index (χ4n) is 3.54. The number of nitrogens with zero attached hydrogens (tertiary/aromatic N) is 1. The number of amides is 1. The number of furan rings is 1. The van der Waals surface area contributed by atoms with Crippen LogP contribution in [0.4, 0.5) is 5.69 Å².